The van der Waals surface area contributed by atoms with Crippen molar-refractivity contribution in [2.24, 2.45) is 0 Å². The van der Waals surface area contributed by atoms with Crippen LogP contribution in [-0.4, -0.2) is 6.26 Å². The van der Waals surface area contributed by atoms with E-state index in [0.29, 0.717) is 0 Å². The van der Waals surface area contributed by atoms with Gasteiger partial charge in [0.05, 0.1) is 0 Å². The molecule has 1 unspecified atom stereocenters. The molecule has 0 aliphatic heterocycles. The van der Waals surface area contributed by atoms with E-state index in [0.717, 1.165) is 10.6 Å². The smallest absolute Gasteiger partial charge is 0.0449 e. The summed E-state index contributed by atoms with van der Waals surface area (Å²) < 4.78 is 0. The number of hydrogen-bond acceptors (Lipinski definition) is 1. The number of benzene rings is 1. The maximum absolute atomic E-state index is 5.94. The van der Waals surface area contributed by atoms with Crippen LogP contribution in [0.3, 0.4) is 0 Å². The third-order valence-electron chi connectivity index (χ3n) is 1.54. The number of halogens is 1. The van der Waals surface area contributed by atoms with Gasteiger partial charge in [0.15, 0.2) is 0 Å². The second-order valence-electron chi connectivity index (χ2n) is 2.25. The minimum absolute atomic E-state index is 0.240. The van der Waals surface area contributed by atoms with Crippen molar-refractivity contribution in [3.05, 3.63) is 41.8 Å². The molecule has 0 heterocycles. The summed E-state index contributed by atoms with van der Waals surface area (Å²) >= 11 is 7.64. The van der Waals surface area contributed by atoms with Crippen molar-refractivity contribution in [1.29, 1.82) is 0 Å². The Bertz CT molecular complexity index is 235. The molecule has 11 heavy (non-hydrogen) atoms. The van der Waals surface area contributed by atoms with Crippen LogP contribution in [-0.2, 0) is 0 Å². The highest BCUT2D eigenvalue weighted by molar-refractivity contribution is 7.98. The van der Waals surface area contributed by atoms with Gasteiger partial charge in [-0.3, -0.25) is 0 Å². The molecule has 0 saturated heterocycles. The van der Waals surface area contributed by atoms with Gasteiger partial charge >= 0.3 is 0 Å². The Balaban J connectivity index is 2.93. The molecule has 1 radical (unpaired) electrons. The summed E-state index contributed by atoms with van der Waals surface area (Å²) in [4.78, 5) is 0. The van der Waals surface area contributed by atoms with E-state index in [9.17, 15) is 0 Å². The molecule has 59 valence electrons. The summed E-state index contributed by atoms with van der Waals surface area (Å²) in [5.41, 5.74) is 1.11. The lowest BCUT2D eigenvalue weighted by Gasteiger charge is -2.09. The number of rotatable bonds is 2. The second-order valence-corrected chi connectivity index (χ2v) is 3.69. The largest absolute Gasteiger partial charge is 0.157 e. The molecule has 0 N–H and O–H groups in total. The lowest BCUT2D eigenvalue weighted by atomic mass is 10.2. The van der Waals surface area contributed by atoms with E-state index < -0.39 is 0 Å². The highest BCUT2D eigenvalue weighted by atomic mass is 35.5. The van der Waals surface area contributed by atoms with Crippen molar-refractivity contribution in [2.75, 3.05) is 6.26 Å². The third kappa shape index (κ3) is 2.14. The quantitative estimate of drug-likeness (QED) is 0.679. The Labute approximate surface area is 77.0 Å². The van der Waals surface area contributed by atoms with E-state index in [2.05, 4.69) is 6.92 Å². The molecule has 0 nitrogen and oxygen atoms in total. The SMILES string of the molecule is [CH2]C(SC)c1ccccc1Cl. The van der Waals surface area contributed by atoms with Gasteiger partial charge in [-0.1, -0.05) is 29.8 Å². The van der Waals surface area contributed by atoms with E-state index in [1.165, 1.54) is 0 Å². The van der Waals surface area contributed by atoms with Crippen LogP contribution in [0.25, 0.3) is 0 Å². The van der Waals surface area contributed by atoms with E-state index in [4.69, 9.17) is 11.6 Å². The van der Waals surface area contributed by atoms with Crippen LogP contribution in [0.5, 0.6) is 0 Å². The topological polar surface area (TPSA) is 0 Å². The van der Waals surface area contributed by atoms with Gasteiger partial charge in [-0.05, 0) is 24.8 Å². The van der Waals surface area contributed by atoms with Crippen LogP contribution in [0.15, 0.2) is 24.3 Å². The lowest BCUT2D eigenvalue weighted by Crippen LogP contribution is -1.87. The zero-order valence-electron chi connectivity index (χ0n) is 6.38. The molecule has 1 aromatic rings. The van der Waals surface area contributed by atoms with Gasteiger partial charge in [-0.25, -0.2) is 0 Å². The maximum Gasteiger partial charge on any atom is 0.0449 e. The molecule has 0 bridgehead atoms. The molecule has 0 saturated carbocycles. The Hall–Kier alpha value is -0.140. The Morgan fingerprint density at radius 3 is 2.64 bits per heavy atom. The molecular formula is C9H10ClS. The first-order valence-electron chi connectivity index (χ1n) is 3.36. The van der Waals surface area contributed by atoms with Crippen LogP contribution >= 0.6 is 23.4 Å². The summed E-state index contributed by atoms with van der Waals surface area (Å²) in [5.74, 6) is 0. The fourth-order valence-electron chi connectivity index (χ4n) is 0.863. The molecular weight excluding hydrogens is 176 g/mol. The number of hydrogen-bond donors (Lipinski definition) is 0. The second kappa shape index (κ2) is 4.03. The van der Waals surface area contributed by atoms with Gasteiger partial charge in [0.2, 0.25) is 0 Å². The van der Waals surface area contributed by atoms with E-state index >= 15 is 0 Å². The Morgan fingerprint density at radius 1 is 1.45 bits per heavy atom. The summed E-state index contributed by atoms with van der Waals surface area (Å²) in [6.45, 7) is 3.97. The maximum atomic E-state index is 5.94. The average molecular weight is 186 g/mol. The zero-order valence-corrected chi connectivity index (χ0v) is 7.95. The summed E-state index contributed by atoms with van der Waals surface area (Å²) in [7, 11) is 0. The fraction of sp³-hybridized carbons (Fsp3) is 0.222. The summed E-state index contributed by atoms with van der Waals surface area (Å²) in [6.07, 6.45) is 2.03. The first-order valence-corrected chi connectivity index (χ1v) is 5.02. The minimum atomic E-state index is 0.240. The Kier molecular flexibility index (Phi) is 3.28. The van der Waals surface area contributed by atoms with E-state index in [1.807, 2.05) is 30.5 Å². The first-order chi connectivity index (χ1) is 5.25. The van der Waals surface area contributed by atoms with Crippen molar-refractivity contribution in [2.45, 2.75) is 5.25 Å². The van der Waals surface area contributed by atoms with Crippen LogP contribution in [0.1, 0.15) is 10.8 Å². The van der Waals surface area contributed by atoms with Crippen LogP contribution in [0.4, 0.5) is 0 Å². The van der Waals surface area contributed by atoms with Crippen molar-refractivity contribution >= 4 is 23.4 Å². The molecule has 0 aliphatic rings. The zero-order chi connectivity index (χ0) is 8.27. The molecule has 1 atom stereocenters. The van der Waals surface area contributed by atoms with Crippen LogP contribution in [0.2, 0.25) is 5.02 Å². The molecule has 0 fully saturated rings. The lowest BCUT2D eigenvalue weighted by molar-refractivity contribution is 1.23. The monoisotopic (exact) mass is 185 g/mol. The van der Waals surface area contributed by atoms with Crippen LogP contribution in [0, 0.1) is 6.92 Å². The van der Waals surface area contributed by atoms with Crippen molar-refractivity contribution in [1.82, 2.24) is 0 Å². The molecule has 0 amide bonds. The van der Waals surface area contributed by atoms with Crippen molar-refractivity contribution in [3.63, 3.8) is 0 Å². The van der Waals surface area contributed by atoms with Crippen LogP contribution < -0.4 is 0 Å². The highest BCUT2D eigenvalue weighted by Gasteiger charge is 2.05. The van der Waals surface area contributed by atoms with Crippen molar-refractivity contribution < 1.29 is 0 Å². The van der Waals surface area contributed by atoms with Gasteiger partial charge in [-0.2, -0.15) is 11.8 Å². The third-order valence-corrected chi connectivity index (χ3v) is 2.70. The molecule has 0 aliphatic carbocycles. The molecule has 1 aromatic carbocycles. The van der Waals surface area contributed by atoms with E-state index in [-0.39, 0.29) is 5.25 Å². The average Bonchev–Trinajstić information content (AvgIpc) is 2.04. The normalized spacial score (nSPS) is 13.0. The molecule has 0 aromatic heterocycles. The first kappa shape index (κ1) is 8.95. The number of thioether (sulfide) groups is 1. The fourth-order valence-corrected chi connectivity index (χ4v) is 1.65. The summed E-state index contributed by atoms with van der Waals surface area (Å²) in [5, 5.41) is 1.05. The standard InChI is InChI=1S/C9H10ClS/c1-7(11-2)8-5-3-4-6-9(8)10/h3-7H,1H2,2H3. The molecule has 1 rings (SSSR count). The predicted octanol–water partition coefficient (Wildman–Crippen LogP) is 3.58. The van der Waals surface area contributed by atoms with E-state index in [1.54, 1.807) is 11.8 Å². The van der Waals surface area contributed by atoms with Gasteiger partial charge in [-0.15, -0.1) is 0 Å². The molecule has 2 heteroatoms. The van der Waals surface area contributed by atoms with Gasteiger partial charge < -0.3 is 0 Å². The molecule has 0 spiro atoms. The highest BCUT2D eigenvalue weighted by Crippen LogP contribution is 2.30. The minimum Gasteiger partial charge on any atom is -0.157 e. The van der Waals surface area contributed by atoms with Gasteiger partial charge in [0, 0.05) is 10.3 Å². The Morgan fingerprint density at radius 2 is 2.09 bits per heavy atom. The van der Waals surface area contributed by atoms with Crippen molar-refractivity contribution in [3.8, 4) is 0 Å². The van der Waals surface area contributed by atoms with Gasteiger partial charge in [0.1, 0.15) is 0 Å². The summed E-state index contributed by atoms with van der Waals surface area (Å²) in [6, 6.07) is 7.82. The predicted molar refractivity (Wildman–Crippen MR) is 53.1 cm³/mol. The van der Waals surface area contributed by atoms with Gasteiger partial charge in [0.25, 0.3) is 0 Å².